The highest BCUT2D eigenvalue weighted by molar-refractivity contribution is 7.13. The van der Waals surface area contributed by atoms with Crippen molar-refractivity contribution in [1.82, 2.24) is 24.6 Å². The van der Waals surface area contributed by atoms with Crippen LogP contribution in [0.2, 0.25) is 0 Å². The van der Waals surface area contributed by atoms with Crippen LogP contribution in [0.25, 0.3) is 11.0 Å². The van der Waals surface area contributed by atoms with Crippen molar-refractivity contribution in [2.45, 2.75) is 78.8 Å². The highest BCUT2D eigenvalue weighted by Gasteiger charge is 2.17. The van der Waals surface area contributed by atoms with Gasteiger partial charge in [0.25, 0.3) is 0 Å². The van der Waals surface area contributed by atoms with Gasteiger partial charge in [-0.3, -0.25) is 9.69 Å². The fraction of sp³-hybridized carbons (Fsp3) is 0.583. The molecule has 0 aliphatic carbocycles. The van der Waals surface area contributed by atoms with Crippen LogP contribution < -0.4 is 5.32 Å². The van der Waals surface area contributed by atoms with Crippen molar-refractivity contribution in [3.63, 3.8) is 0 Å². The summed E-state index contributed by atoms with van der Waals surface area (Å²) in [5, 5.41) is 11.3. The third-order valence-electron chi connectivity index (χ3n) is 6.31. The SMILES string of the molecule is Cc1nc2c(cnn2C(C)C)c(C)c1CCC(=O)Nc1nc(CN2CCCCCC2)cs1. The number of likely N-dealkylation sites (tertiary alicyclic amines) is 1. The largest absolute Gasteiger partial charge is 0.302 e. The molecule has 4 heterocycles. The molecule has 0 atom stereocenters. The van der Waals surface area contributed by atoms with Crippen molar-refractivity contribution in [1.29, 1.82) is 0 Å². The molecule has 1 N–H and O–H groups in total. The third kappa shape index (κ3) is 5.18. The summed E-state index contributed by atoms with van der Waals surface area (Å²) in [5.74, 6) is -0.00237. The molecule has 0 radical (unpaired) electrons. The van der Waals surface area contributed by atoms with Crippen molar-refractivity contribution in [2.24, 2.45) is 0 Å². The molecule has 1 amide bonds. The maximum Gasteiger partial charge on any atom is 0.226 e. The van der Waals surface area contributed by atoms with Crippen LogP contribution in [0.3, 0.4) is 0 Å². The minimum Gasteiger partial charge on any atom is -0.302 e. The number of nitrogens with zero attached hydrogens (tertiary/aromatic N) is 5. The lowest BCUT2D eigenvalue weighted by molar-refractivity contribution is -0.116. The van der Waals surface area contributed by atoms with Crippen LogP contribution in [-0.2, 0) is 17.8 Å². The topological polar surface area (TPSA) is 75.9 Å². The van der Waals surface area contributed by atoms with E-state index >= 15 is 0 Å². The second-order valence-electron chi connectivity index (χ2n) is 9.10. The van der Waals surface area contributed by atoms with E-state index in [4.69, 9.17) is 4.98 Å². The Kier molecular flexibility index (Phi) is 7.20. The zero-order valence-corrected chi connectivity index (χ0v) is 20.5. The monoisotopic (exact) mass is 454 g/mol. The number of aryl methyl sites for hydroxylation is 2. The molecule has 3 aromatic rings. The van der Waals surface area contributed by atoms with Crippen LogP contribution in [0.1, 0.15) is 74.5 Å². The quantitative estimate of drug-likeness (QED) is 0.542. The standard InChI is InChI=1S/C24H34N6OS/c1-16(2)30-23-21(13-25-30)17(3)20(18(4)26-23)9-10-22(31)28-24-27-19(15-32-24)14-29-11-7-5-6-8-12-29/h13,15-16H,5-12,14H2,1-4H3,(H,27,28,31). The average Bonchev–Trinajstić information content (AvgIpc) is 3.28. The molecule has 0 aromatic carbocycles. The lowest BCUT2D eigenvalue weighted by Gasteiger charge is -2.17. The van der Waals surface area contributed by atoms with E-state index in [9.17, 15) is 4.79 Å². The van der Waals surface area contributed by atoms with Crippen LogP contribution >= 0.6 is 11.3 Å². The number of carbonyl (C=O) groups is 1. The van der Waals surface area contributed by atoms with Gasteiger partial charge in [-0.05, 0) is 71.2 Å². The first-order valence-electron chi connectivity index (χ1n) is 11.7. The van der Waals surface area contributed by atoms with E-state index in [1.165, 1.54) is 42.6 Å². The van der Waals surface area contributed by atoms with Gasteiger partial charge in [0.05, 0.1) is 11.9 Å². The smallest absolute Gasteiger partial charge is 0.226 e. The predicted octanol–water partition coefficient (Wildman–Crippen LogP) is 5.03. The van der Waals surface area contributed by atoms with Crippen molar-refractivity contribution < 1.29 is 4.79 Å². The van der Waals surface area contributed by atoms with Gasteiger partial charge < -0.3 is 5.32 Å². The molecular formula is C24H34N6OS. The number of nitrogens with one attached hydrogen (secondary N) is 1. The summed E-state index contributed by atoms with van der Waals surface area (Å²) in [6.07, 6.45) is 8.16. The Hall–Kier alpha value is -2.32. The third-order valence-corrected chi connectivity index (χ3v) is 7.12. The molecule has 172 valence electrons. The second kappa shape index (κ2) is 10.1. The molecule has 7 nitrogen and oxygen atoms in total. The fourth-order valence-electron chi connectivity index (χ4n) is 4.52. The summed E-state index contributed by atoms with van der Waals surface area (Å²) in [7, 11) is 0. The van der Waals surface area contributed by atoms with Gasteiger partial charge in [-0.25, -0.2) is 14.6 Å². The Morgan fingerprint density at radius 1 is 1.16 bits per heavy atom. The molecular weight excluding hydrogens is 420 g/mol. The Balaban J connectivity index is 1.36. The van der Waals surface area contributed by atoms with Gasteiger partial charge in [-0.2, -0.15) is 5.10 Å². The van der Waals surface area contributed by atoms with Crippen molar-refractivity contribution >= 4 is 33.4 Å². The van der Waals surface area contributed by atoms with E-state index in [1.54, 1.807) is 0 Å². The number of rotatable bonds is 7. The lowest BCUT2D eigenvalue weighted by atomic mass is 10.0. The Morgan fingerprint density at radius 2 is 1.91 bits per heavy atom. The number of amides is 1. The number of pyridine rings is 1. The first-order chi connectivity index (χ1) is 15.4. The Morgan fingerprint density at radius 3 is 2.62 bits per heavy atom. The van der Waals surface area contributed by atoms with Crippen molar-refractivity contribution in [3.8, 4) is 0 Å². The summed E-state index contributed by atoms with van der Waals surface area (Å²) in [6, 6.07) is 0.262. The van der Waals surface area contributed by atoms with E-state index in [0.29, 0.717) is 18.0 Å². The molecule has 0 spiro atoms. The number of aromatic nitrogens is 4. The minimum absolute atomic E-state index is 0.00237. The summed E-state index contributed by atoms with van der Waals surface area (Å²) in [4.78, 5) is 24.5. The zero-order valence-electron chi connectivity index (χ0n) is 19.6. The van der Waals surface area contributed by atoms with Crippen LogP contribution in [0.4, 0.5) is 5.13 Å². The molecule has 1 aliphatic heterocycles. The molecule has 0 bridgehead atoms. The van der Waals surface area contributed by atoms with Crippen molar-refractivity contribution in [3.05, 3.63) is 34.1 Å². The van der Waals surface area contributed by atoms with Gasteiger partial charge in [0.1, 0.15) is 0 Å². The minimum atomic E-state index is -0.00237. The average molecular weight is 455 g/mol. The van der Waals surface area contributed by atoms with Crippen LogP contribution in [0.15, 0.2) is 11.6 Å². The fourth-order valence-corrected chi connectivity index (χ4v) is 5.24. The van der Waals surface area contributed by atoms with Crippen LogP contribution in [0, 0.1) is 13.8 Å². The van der Waals surface area contributed by atoms with Gasteiger partial charge in [-0.15, -0.1) is 11.3 Å². The number of hydrogen-bond acceptors (Lipinski definition) is 6. The Bertz CT molecular complexity index is 1080. The van der Waals surface area contributed by atoms with Gasteiger partial charge in [0.2, 0.25) is 5.91 Å². The van der Waals surface area contributed by atoms with E-state index in [-0.39, 0.29) is 11.9 Å². The number of anilines is 1. The predicted molar refractivity (Wildman–Crippen MR) is 130 cm³/mol. The normalized spacial score (nSPS) is 15.4. The molecule has 3 aromatic heterocycles. The van der Waals surface area contributed by atoms with Gasteiger partial charge in [-0.1, -0.05) is 12.8 Å². The molecule has 1 saturated heterocycles. The lowest BCUT2D eigenvalue weighted by Crippen LogP contribution is -2.24. The molecule has 4 rings (SSSR count). The van der Waals surface area contributed by atoms with Crippen LogP contribution in [-0.4, -0.2) is 43.6 Å². The van der Waals surface area contributed by atoms with Gasteiger partial charge in [0.15, 0.2) is 10.8 Å². The molecule has 1 fully saturated rings. The summed E-state index contributed by atoms with van der Waals surface area (Å²) in [5.41, 5.74) is 5.25. The highest BCUT2D eigenvalue weighted by atomic mass is 32.1. The first-order valence-corrected chi connectivity index (χ1v) is 12.6. The second-order valence-corrected chi connectivity index (χ2v) is 9.96. The number of thiazole rings is 1. The summed E-state index contributed by atoms with van der Waals surface area (Å²) < 4.78 is 1.96. The molecule has 0 saturated carbocycles. The van der Waals surface area contributed by atoms with E-state index in [1.807, 2.05) is 17.8 Å². The maximum atomic E-state index is 12.6. The first kappa shape index (κ1) is 22.9. The zero-order chi connectivity index (χ0) is 22.7. The van der Waals surface area contributed by atoms with E-state index in [2.05, 4.69) is 46.5 Å². The van der Waals surface area contributed by atoms with Gasteiger partial charge in [0, 0.05) is 35.5 Å². The van der Waals surface area contributed by atoms with Crippen LogP contribution in [0.5, 0.6) is 0 Å². The Labute approximate surface area is 194 Å². The number of hydrogen-bond donors (Lipinski definition) is 1. The maximum absolute atomic E-state index is 12.6. The summed E-state index contributed by atoms with van der Waals surface area (Å²) in [6.45, 7) is 11.5. The molecule has 8 heteroatoms. The van der Waals surface area contributed by atoms with E-state index in [0.717, 1.165) is 47.6 Å². The number of carbonyl (C=O) groups excluding carboxylic acids is 1. The number of fused-ring (bicyclic) bond motifs is 1. The van der Waals surface area contributed by atoms with Crippen molar-refractivity contribution in [2.75, 3.05) is 18.4 Å². The molecule has 1 aliphatic rings. The molecule has 0 unspecified atom stereocenters. The van der Waals surface area contributed by atoms with E-state index < -0.39 is 0 Å². The molecule has 32 heavy (non-hydrogen) atoms. The highest BCUT2D eigenvalue weighted by Crippen LogP contribution is 2.26. The van der Waals surface area contributed by atoms with Gasteiger partial charge >= 0.3 is 0 Å². The summed E-state index contributed by atoms with van der Waals surface area (Å²) >= 11 is 1.51.